The monoisotopic (exact) mass is 318 g/mol. The summed E-state index contributed by atoms with van der Waals surface area (Å²) in [6, 6.07) is -0.662. The second-order valence-electron chi connectivity index (χ2n) is 5.00. The first-order chi connectivity index (χ1) is 10.6. The number of aliphatic hydroxyl groups is 2. The molecule has 0 aromatic carbocycles. The molecule has 10 nitrogen and oxygen atoms in total. The van der Waals surface area contributed by atoms with Crippen molar-refractivity contribution < 1.29 is 29.3 Å². The second-order valence-corrected chi connectivity index (χ2v) is 5.00. The van der Waals surface area contributed by atoms with E-state index in [-0.39, 0.29) is 51.8 Å². The lowest BCUT2D eigenvalue weighted by Gasteiger charge is -2.28. The summed E-state index contributed by atoms with van der Waals surface area (Å²) in [5.41, 5.74) is 0. The topological polar surface area (TPSA) is 106 Å². The molecular formula is C12H22N4O6. The van der Waals surface area contributed by atoms with Crippen molar-refractivity contribution in [2.24, 2.45) is 0 Å². The lowest BCUT2D eigenvalue weighted by atomic mass is 10.3. The summed E-state index contributed by atoms with van der Waals surface area (Å²) in [4.78, 5) is 30.6. The number of nitrogens with zero attached hydrogens (tertiary/aromatic N) is 4. The van der Waals surface area contributed by atoms with Crippen molar-refractivity contribution in [3.05, 3.63) is 0 Å². The molecule has 0 aliphatic carbocycles. The number of rotatable bonds is 8. The van der Waals surface area contributed by atoms with Crippen molar-refractivity contribution in [3.8, 4) is 0 Å². The van der Waals surface area contributed by atoms with Crippen LogP contribution in [0.1, 0.15) is 0 Å². The fourth-order valence-electron chi connectivity index (χ4n) is 2.98. The number of carbonyl (C=O) groups excluding carboxylic acids is 2. The molecule has 0 bridgehead atoms. The Morgan fingerprint density at radius 3 is 1.50 bits per heavy atom. The Labute approximate surface area is 128 Å². The van der Waals surface area contributed by atoms with Gasteiger partial charge in [0.1, 0.15) is 13.5 Å². The van der Waals surface area contributed by atoms with Crippen LogP contribution in [0.5, 0.6) is 0 Å². The second kappa shape index (κ2) is 7.09. The van der Waals surface area contributed by atoms with Crippen molar-refractivity contribution in [1.82, 2.24) is 19.6 Å². The molecule has 2 N–H and O–H groups in total. The van der Waals surface area contributed by atoms with E-state index in [1.54, 1.807) is 0 Å². The third kappa shape index (κ3) is 2.58. The zero-order valence-corrected chi connectivity index (χ0v) is 12.7. The summed E-state index contributed by atoms with van der Waals surface area (Å²) in [6.07, 6.45) is -1.18. The highest BCUT2D eigenvalue weighted by Gasteiger charge is 2.58. The van der Waals surface area contributed by atoms with Gasteiger partial charge in [-0.1, -0.05) is 0 Å². The Balaban J connectivity index is 2.36. The number of ether oxygens (including phenoxy) is 2. The molecule has 0 saturated carbocycles. The molecule has 22 heavy (non-hydrogen) atoms. The van der Waals surface area contributed by atoms with E-state index in [9.17, 15) is 19.8 Å². The summed E-state index contributed by atoms with van der Waals surface area (Å²) < 4.78 is 10.1. The SMILES string of the molecule is COCN1C(=O)N(COC)C2C1N(CCO)C(=O)N2CCO. The summed E-state index contributed by atoms with van der Waals surface area (Å²) in [7, 11) is 2.92. The third-order valence-electron chi connectivity index (χ3n) is 3.74. The van der Waals surface area contributed by atoms with Crippen LogP contribution in [0.4, 0.5) is 9.59 Å². The summed E-state index contributed by atoms with van der Waals surface area (Å²) in [5, 5.41) is 18.4. The molecule has 2 aliphatic rings. The zero-order chi connectivity index (χ0) is 16.3. The standard InChI is InChI=1S/C12H22N4O6/c1-21-7-15-9-10(16(8-22-2)12(15)20)14(4-6-18)11(19)13(9)3-5-17/h9-10,17-18H,3-8H2,1-2H3. The van der Waals surface area contributed by atoms with Crippen LogP contribution in [0.3, 0.4) is 0 Å². The van der Waals surface area contributed by atoms with E-state index < -0.39 is 12.3 Å². The quantitative estimate of drug-likeness (QED) is 0.553. The van der Waals surface area contributed by atoms with Crippen molar-refractivity contribution in [3.63, 3.8) is 0 Å². The Kier molecular flexibility index (Phi) is 5.40. The zero-order valence-electron chi connectivity index (χ0n) is 12.7. The van der Waals surface area contributed by atoms with Gasteiger partial charge in [-0.05, 0) is 0 Å². The highest BCUT2D eigenvalue weighted by Crippen LogP contribution is 2.34. The molecule has 10 heteroatoms. The number of urea groups is 2. The maximum absolute atomic E-state index is 12.5. The van der Waals surface area contributed by atoms with Crippen molar-refractivity contribution in [2.75, 3.05) is 54.0 Å². The first-order valence-electron chi connectivity index (χ1n) is 6.96. The van der Waals surface area contributed by atoms with Crippen LogP contribution in [0, 0.1) is 0 Å². The van der Waals surface area contributed by atoms with Gasteiger partial charge in [0.2, 0.25) is 0 Å². The lowest BCUT2D eigenvalue weighted by molar-refractivity contribution is 0.0232. The molecule has 0 radical (unpaired) electrons. The van der Waals surface area contributed by atoms with Gasteiger partial charge in [-0.15, -0.1) is 0 Å². The Morgan fingerprint density at radius 2 is 1.18 bits per heavy atom. The van der Waals surface area contributed by atoms with Gasteiger partial charge in [-0.25, -0.2) is 9.59 Å². The largest absolute Gasteiger partial charge is 0.395 e. The predicted octanol–water partition coefficient (Wildman–Crippen LogP) is -1.69. The van der Waals surface area contributed by atoms with Crippen LogP contribution in [-0.2, 0) is 9.47 Å². The van der Waals surface area contributed by atoms with Gasteiger partial charge in [-0.3, -0.25) is 19.6 Å². The number of aliphatic hydroxyl groups excluding tert-OH is 2. The number of methoxy groups -OCH3 is 2. The highest BCUT2D eigenvalue weighted by molar-refractivity contribution is 5.85. The lowest BCUT2D eigenvalue weighted by Crippen LogP contribution is -2.48. The van der Waals surface area contributed by atoms with Gasteiger partial charge >= 0.3 is 12.1 Å². The molecule has 2 unspecified atom stereocenters. The summed E-state index contributed by atoms with van der Waals surface area (Å²) in [6.45, 7) is -0.223. The van der Waals surface area contributed by atoms with Crippen LogP contribution in [0.25, 0.3) is 0 Å². The maximum Gasteiger partial charge on any atom is 0.327 e. The predicted molar refractivity (Wildman–Crippen MR) is 73.4 cm³/mol. The van der Waals surface area contributed by atoms with Crippen LogP contribution in [-0.4, -0.2) is 108 Å². The minimum atomic E-state index is -0.589. The van der Waals surface area contributed by atoms with Gasteiger partial charge in [0, 0.05) is 27.3 Å². The van der Waals surface area contributed by atoms with E-state index in [1.165, 1.54) is 33.8 Å². The normalized spacial score (nSPS) is 24.7. The van der Waals surface area contributed by atoms with Gasteiger partial charge in [-0.2, -0.15) is 0 Å². The number of amides is 4. The Morgan fingerprint density at radius 1 is 0.818 bits per heavy atom. The number of carbonyl (C=O) groups is 2. The van der Waals surface area contributed by atoms with E-state index in [0.717, 1.165) is 0 Å². The summed E-state index contributed by atoms with van der Waals surface area (Å²) in [5.74, 6) is 0. The molecule has 2 atom stereocenters. The molecule has 2 aliphatic heterocycles. The highest BCUT2D eigenvalue weighted by atomic mass is 16.5. The van der Waals surface area contributed by atoms with Gasteiger partial charge in [0.25, 0.3) is 0 Å². The number of hydrogen-bond donors (Lipinski definition) is 2. The van der Waals surface area contributed by atoms with E-state index in [0.29, 0.717) is 0 Å². The van der Waals surface area contributed by atoms with E-state index >= 15 is 0 Å². The van der Waals surface area contributed by atoms with Crippen LogP contribution in [0.15, 0.2) is 0 Å². The average Bonchev–Trinajstić information content (AvgIpc) is 2.90. The Hall–Kier alpha value is -1.62. The number of hydrogen-bond acceptors (Lipinski definition) is 6. The van der Waals surface area contributed by atoms with Crippen molar-refractivity contribution in [1.29, 1.82) is 0 Å². The van der Waals surface area contributed by atoms with Gasteiger partial charge < -0.3 is 19.7 Å². The first-order valence-corrected chi connectivity index (χ1v) is 6.96. The van der Waals surface area contributed by atoms with Crippen molar-refractivity contribution >= 4 is 12.1 Å². The summed E-state index contributed by atoms with van der Waals surface area (Å²) >= 11 is 0. The maximum atomic E-state index is 12.5. The molecule has 2 rings (SSSR count). The molecule has 0 spiro atoms. The van der Waals surface area contributed by atoms with Crippen LogP contribution < -0.4 is 0 Å². The van der Waals surface area contributed by atoms with E-state index in [4.69, 9.17) is 9.47 Å². The number of β-amino-alcohol motifs (C(OH)–C–C–N with tert-alkyl or cyclic N) is 2. The molecule has 0 aromatic heterocycles. The molecule has 2 fully saturated rings. The smallest absolute Gasteiger partial charge is 0.327 e. The van der Waals surface area contributed by atoms with Crippen LogP contribution in [0.2, 0.25) is 0 Å². The van der Waals surface area contributed by atoms with E-state index in [2.05, 4.69) is 0 Å². The minimum absolute atomic E-state index is 0.0163. The van der Waals surface area contributed by atoms with Gasteiger partial charge in [0.05, 0.1) is 13.2 Å². The Bertz CT molecular complexity index is 352. The van der Waals surface area contributed by atoms with Crippen molar-refractivity contribution in [2.45, 2.75) is 12.3 Å². The number of fused-ring (bicyclic) bond motifs is 1. The molecule has 2 saturated heterocycles. The minimum Gasteiger partial charge on any atom is -0.395 e. The van der Waals surface area contributed by atoms with Gasteiger partial charge in [0.15, 0.2) is 12.3 Å². The average molecular weight is 318 g/mol. The van der Waals surface area contributed by atoms with Crippen LogP contribution >= 0.6 is 0 Å². The fraction of sp³-hybridized carbons (Fsp3) is 0.833. The molecule has 126 valence electrons. The third-order valence-corrected chi connectivity index (χ3v) is 3.74. The fourth-order valence-corrected chi connectivity index (χ4v) is 2.98. The first kappa shape index (κ1) is 16.7. The molecule has 4 amide bonds. The molecule has 2 heterocycles. The van der Waals surface area contributed by atoms with E-state index in [1.807, 2.05) is 0 Å². The molecular weight excluding hydrogens is 296 g/mol. The molecule has 0 aromatic rings.